The van der Waals surface area contributed by atoms with Crippen molar-refractivity contribution < 1.29 is 19.1 Å². The van der Waals surface area contributed by atoms with Crippen LogP contribution in [0.15, 0.2) is 47.3 Å². The van der Waals surface area contributed by atoms with E-state index in [0.29, 0.717) is 47.9 Å². The first-order valence-electron chi connectivity index (χ1n) is 12.9. The Hall–Kier alpha value is -2.10. The number of fused-ring (bicyclic) bond motifs is 5. The normalized spacial score (nSPS) is 35.3. The molecule has 0 aromatic rings. The van der Waals surface area contributed by atoms with Gasteiger partial charge in [0.05, 0.1) is 6.61 Å². The number of hydrogen-bond donors (Lipinski definition) is 0. The minimum Gasteiger partial charge on any atom is -0.466 e. The van der Waals surface area contributed by atoms with Gasteiger partial charge >= 0.3 is 11.9 Å². The third kappa shape index (κ3) is 4.38. The van der Waals surface area contributed by atoms with Gasteiger partial charge in [-0.2, -0.15) is 0 Å². The summed E-state index contributed by atoms with van der Waals surface area (Å²) in [4.78, 5) is 23.1. The maximum absolute atomic E-state index is 11.7. The zero-order valence-electron chi connectivity index (χ0n) is 21.0. The van der Waals surface area contributed by atoms with E-state index < -0.39 is 0 Å². The number of ether oxygens (including phenoxy) is 2. The Morgan fingerprint density at radius 3 is 2.67 bits per heavy atom. The summed E-state index contributed by atoms with van der Waals surface area (Å²) < 4.78 is 10.5. The number of carbonyl (C=O) groups is 2. The average molecular weight is 453 g/mol. The molecule has 0 amide bonds. The molecule has 0 bridgehead atoms. The Labute approximate surface area is 199 Å². The molecule has 4 rings (SSSR count). The van der Waals surface area contributed by atoms with Crippen LogP contribution in [-0.2, 0) is 19.1 Å². The standard InChI is InChI=1S/C29H40O4/c1-6-32-27(31)9-7-8-19(2)24-12-13-25-23-11-10-21-18-22(33-20(3)30)14-16-28(21,4)26(23)15-17-29(24,25)5/h10-11,14,16,18-19,24-26H,6-9,12-13,15,17H2,1-5H3/t19-,24-,25+,26+,28+,29-/m1/s1. The molecule has 2 saturated carbocycles. The summed E-state index contributed by atoms with van der Waals surface area (Å²) in [5.41, 5.74) is 3.19. The molecule has 0 spiro atoms. The Kier molecular flexibility index (Phi) is 6.75. The molecule has 0 unspecified atom stereocenters. The lowest BCUT2D eigenvalue weighted by Crippen LogP contribution is -2.44. The molecule has 4 aliphatic rings. The van der Waals surface area contributed by atoms with Crippen molar-refractivity contribution >= 4 is 11.9 Å². The van der Waals surface area contributed by atoms with Crippen molar-refractivity contribution in [1.29, 1.82) is 0 Å². The number of allylic oxidation sites excluding steroid dienone is 7. The van der Waals surface area contributed by atoms with Gasteiger partial charge in [0.25, 0.3) is 0 Å². The minimum atomic E-state index is -0.274. The number of rotatable bonds is 7. The summed E-state index contributed by atoms with van der Waals surface area (Å²) in [5.74, 6) is 2.79. The van der Waals surface area contributed by atoms with Crippen molar-refractivity contribution in [3.63, 3.8) is 0 Å². The van der Waals surface area contributed by atoms with E-state index in [4.69, 9.17) is 9.47 Å². The lowest BCUT2D eigenvalue weighted by molar-refractivity contribution is -0.143. The van der Waals surface area contributed by atoms with Crippen LogP contribution >= 0.6 is 0 Å². The fourth-order valence-corrected chi connectivity index (χ4v) is 7.52. The van der Waals surface area contributed by atoms with Gasteiger partial charge in [0.15, 0.2) is 0 Å². The van der Waals surface area contributed by atoms with Gasteiger partial charge in [0.2, 0.25) is 0 Å². The highest BCUT2D eigenvalue weighted by atomic mass is 16.5. The highest BCUT2D eigenvalue weighted by Gasteiger charge is 2.56. The van der Waals surface area contributed by atoms with E-state index in [1.165, 1.54) is 38.2 Å². The van der Waals surface area contributed by atoms with Crippen LogP contribution in [0.3, 0.4) is 0 Å². The van der Waals surface area contributed by atoms with Gasteiger partial charge in [0.1, 0.15) is 5.76 Å². The van der Waals surface area contributed by atoms with Gasteiger partial charge in [-0.1, -0.05) is 44.6 Å². The van der Waals surface area contributed by atoms with Crippen molar-refractivity contribution in [2.45, 2.75) is 79.6 Å². The van der Waals surface area contributed by atoms with Crippen LogP contribution in [-0.4, -0.2) is 18.5 Å². The molecule has 0 aromatic carbocycles. The molecule has 0 N–H and O–H groups in total. The summed E-state index contributed by atoms with van der Waals surface area (Å²) in [5, 5.41) is 0. The Morgan fingerprint density at radius 2 is 1.94 bits per heavy atom. The van der Waals surface area contributed by atoms with E-state index in [1.807, 2.05) is 19.1 Å². The SMILES string of the molecule is CCOC(=O)CCC[C@@H](C)[C@H]1CC[C@H]2C3=CC=C4C=C(OC(C)=O)C=C[C@]4(C)[C@H]3CC[C@]12C. The summed E-state index contributed by atoms with van der Waals surface area (Å²) in [6.45, 7) is 11.1. The van der Waals surface area contributed by atoms with Gasteiger partial charge in [-0.05, 0) is 92.3 Å². The van der Waals surface area contributed by atoms with Crippen molar-refractivity contribution in [2.24, 2.45) is 34.5 Å². The third-order valence-electron chi connectivity index (χ3n) is 9.17. The van der Waals surface area contributed by atoms with Gasteiger partial charge in [-0.25, -0.2) is 0 Å². The molecule has 6 atom stereocenters. The van der Waals surface area contributed by atoms with Crippen LogP contribution in [0, 0.1) is 34.5 Å². The highest BCUT2D eigenvalue weighted by Crippen LogP contribution is 2.65. The molecular formula is C29H40O4. The van der Waals surface area contributed by atoms with E-state index >= 15 is 0 Å². The molecule has 4 nitrogen and oxygen atoms in total. The van der Waals surface area contributed by atoms with Crippen LogP contribution in [0.5, 0.6) is 0 Å². The average Bonchev–Trinajstić information content (AvgIpc) is 3.11. The van der Waals surface area contributed by atoms with Gasteiger partial charge in [0, 0.05) is 18.8 Å². The van der Waals surface area contributed by atoms with E-state index in [-0.39, 0.29) is 17.4 Å². The minimum absolute atomic E-state index is 0.0294. The highest BCUT2D eigenvalue weighted by molar-refractivity contribution is 5.69. The molecular weight excluding hydrogens is 412 g/mol. The van der Waals surface area contributed by atoms with Crippen molar-refractivity contribution in [3.05, 3.63) is 47.3 Å². The number of hydrogen-bond acceptors (Lipinski definition) is 4. The lowest BCUT2D eigenvalue weighted by Gasteiger charge is -2.53. The predicted octanol–water partition coefficient (Wildman–Crippen LogP) is 6.69. The zero-order valence-corrected chi connectivity index (χ0v) is 21.0. The Bertz CT molecular complexity index is 922. The zero-order chi connectivity index (χ0) is 23.8. The molecule has 0 aliphatic heterocycles. The van der Waals surface area contributed by atoms with Crippen LogP contribution in [0.4, 0.5) is 0 Å². The van der Waals surface area contributed by atoms with E-state index in [0.717, 1.165) is 12.8 Å². The monoisotopic (exact) mass is 452 g/mol. The second-order valence-corrected chi connectivity index (χ2v) is 11.1. The van der Waals surface area contributed by atoms with E-state index in [2.05, 4.69) is 39.0 Å². The molecule has 180 valence electrons. The van der Waals surface area contributed by atoms with Crippen LogP contribution in [0.25, 0.3) is 0 Å². The van der Waals surface area contributed by atoms with Crippen molar-refractivity contribution in [3.8, 4) is 0 Å². The summed E-state index contributed by atoms with van der Waals surface area (Å²) in [6, 6.07) is 0. The predicted molar refractivity (Wildman–Crippen MR) is 130 cm³/mol. The molecule has 0 aromatic heterocycles. The first kappa shape index (κ1) is 24.0. The van der Waals surface area contributed by atoms with Gasteiger partial charge in [-0.3, -0.25) is 9.59 Å². The Morgan fingerprint density at radius 1 is 1.15 bits per heavy atom. The molecule has 4 heteroatoms. The first-order valence-corrected chi connectivity index (χ1v) is 12.9. The maximum Gasteiger partial charge on any atom is 0.308 e. The second kappa shape index (κ2) is 9.27. The smallest absolute Gasteiger partial charge is 0.308 e. The van der Waals surface area contributed by atoms with Crippen molar-refractivity contribution in [1.82, 2.24) is 0 Å². The molecule has 4 aliphatic carbocycles. The Balaban J connectivity index is 1.49. The maximum atomic E-state index is 11.7. The quantitative estimate of drug-likeness (QED) is 0.404. The van der Waals surface area contributed by atoms with Gasteiger partial charge in [-0.15, -0.1) is 0 Å². The molecule has 0 radical (unpaired) electrons. The van der Waals surface area contributed by atoms with E-state index in [9.17, 15) is 9.59 Å². The molecule has 0 saturated heterocycles. The fraction of sp³-hybridized carbons (Fsp3) is 0.655. The summed E-state index contributed by atoms with van der Waals surface area (Å²) in [7, 11) is 0. The number of esters is 2. The molecule has 2 fully saturated rings. The van der Waals surface area contributed by atoms with Crippen LogP contribution in [0.1, 0.15) is 79.6 Å². The summed E-state index contributed by atoms with van der Waals surface area (Å²) in [6.07, 6.45) is 18.5. The largest absolute Gasteiger partial charge is 0.466 e. The second-order valence-electron chi connectivity index (χ2n) is 11.1. The third-order valence-corrected chi connectivity index (χ3v) is 9.17. The van der Waals surface area contributed by atoms with E-state index in [1.54, 1.807) is 5.57 Å². The van der Waals surface area contributed by atoms with Crippen LogP contribution in [0.2, 0.25) is 0 Å². The van der Waals surface area contributed by atoms with Crippen LogP contribution < -0.4 is 0 Å². The fourth-order valence-electron chi connectivity index (χ4n) is 7.52. The molecule has 33 heavy (non-hydrogen) atoms. The summed E-state index contributed by atoms with van der Waals surface area (Å²) >= 11 is 0. The van der Waals surface area contributed by atoms with Crippen molar-refractivity contribution in [2.75, 3.05) is 6.61 Å². The number of carbonyl (C=O) groups excluding carboxylic acids is 2. The van der Waals surface area contributed by atoms with Gasteiger partial charge < -0.3 is 9.47 Å². The topological polar surface area (TPSA) is 52.6 Å². The lowest BCUT2D eigenvalue weighted by atomic mass is 9.51. The first-order chi connectivity index (χ1) is 15.7. The molecule has 0 heterocycles.